The fourth-order valence-electron chi connectivity index (χ4n) is 2.77. The number of nitrogens with two attached hydrogens (primary N) is 1. The Morgan fingerprint density at radius 3 is 2.67 bits per heavy atom. The molecule has 2 N–H and O–H groups in total. The summed E-state index contributed by atoms with van der Waals surface area (Å²) in [4.78, 5) is 0. The monoisotopic (exact) mass is 247 g/mol. The number of hydrogen-bond acceptors (Lipinski definition) is 2. The molecule has 0 aliphatic heterocycles. The Bertz CT molecular complexity index is 425. The fraction of sp³-hybridized carbons (Fsp3) is 0.625. The molecule has 2 unspecified atom stereocenters. The average molecular weight is 247 g/mol. The summed E-state index contributed by atoms with van der Waals surface area (Å²) in [5.74, 6) is 0.985. The molecule has 2 nitrogen and oxygen atoms in total. The minimum absolute atomic E-state index is 0.148. The molecule has 2 heteroatoms. The minimum atomic E-state index is 0.148. The first-order valence-electron chi connectivity index (χ1n) is 6.87. The van der Waals surface area contributed by atoms with Crippen molar-refractivity contribution in [2.75, 3.05) is 0 Å². The number of aryl methyl sites for hydroxylation is 2. The van der Waals surface area contributed by atoms with Crippen molar-refractivity contribution < 1.29 is 4.74 Å². The molecular weight excluding hydrogens is 222 g/mol. The van der Waals surface area contributed by atoms with E-state index in [2.05, 4.69) is 45.9 Å². The first-order chi connectivity index (χ1) is 8.37. The second-order valence-corrected chi connectivity index (χ2v) is 6.50. The van der Waals surface area contributed by atoms with Crippen LogP contribution in [0.3, 0.4) is 0 Å². The highest BCUT2D eigenvalue weighted by Gasteiger charge is 2.34. The van der Waals surface area contributed by atoms with Gasteiger partial charge in [0.25, 0.3) is 0 Å². The van der Waals surface area contributed by atoms with Crippen molar-refractivity contribution in [1.29, 1.82) is 0 Å². The molecule has 18 heavy (non-hydrogen) atoms. The summed E-state index contributed by atoms with van der Waals surface area (Å²) in [6.45, 7) is 8.81. The molecule has 0 bridgehead atoms. The molecule has 1 fully saturated rings. The lowest BCUT2D eigenvalue weighted by atomic mass is 9.74. The van der Waals surface area contributed by atoms with E-state index < -0.39 is 0 Å². The highest BCUT2D eigenvalue weighted by Crippen LogP contribution is 2.37. The van der Waals surface area contributed by atoms with Crippen molar-refractivity contribution in [2.24, 2.45) is 11.1 Å². The van der Waals surface area contributed by atoms with E-state index in [9.17, 15) is 0 Å². The van der Waals surface area contributed by atoms with Gasteiger partial charge in [0.15, 0.2) is 0 Å². The van der Waals surface area contributed by atoms with E-state index in [1.54, 1.807) is 0 Å². The smallest absolute Gasteiger partial charge is 0.122 e. The molecule has 2 rings (SSSR count). The van der Waals surface area contributed by atoms with Gasteiger partial charge in [-0.15, -0.1) is 0 Å². The summed E-state index contributed by atoms with van der Waals surface area (Å²) in [5, 5.41) is 0. The molecule has 0 radical (unpaired) electrons. The maximum Gasteiger partial charge on any atom is 0.122 e. The fourth-order valence-corrected chi connectivity index (χ4v) is 2.77. The number of benzene rings is 1. The van der Waals surface area contributed by atoms with Gasteiger partial charge in [-0.2, -0.15) is 0 Å². The maximum absolute atomic E-state index is 6.20. The van der Waals surface area contributed by atoms with Gasteiger partial charge < -0.3 is 10.5 Å². The normalized spacial score (nSPS) is 26.9. The first-order valence-corrected chi connectivity index (χ1v) is 6.87. The molecule has 2 atom stereocenters. The van der Waals surface area contributed by atoms with Crippen molar-refractivity contribution in [3.8, 4) is 5.75 Å². The summed E-state index contributed by atoms with van der Waals surface area (Å²) < 4.78 is 6.16. The van der Waals surface area contributed by atoms with E-state index in [-0.39, 0.29) is 12.1 Å². The molecule has 0 heterocycles. The van der Waals surface area contributed by atoms with Crippen LogP contribution >= 0.6 is 0 Å². The van der Waals surface area contributed by atoms with Gasteiger partial charge >= 0.3 is 0 Å². The Morgan fingerprint density at radius 1 is 1.28 bits per heavy atom. The molecule has 1 aromatic rings. The number of ether oxygens (including phenoxy) is 1. The molecule has 0 aromatic heterocycles. The maximum atomic E-state index is 6.20. The van der Waals surface area contributed by atoms with Gasteiger partial charge in [-0.3, -0.25) is 0 Å². The van der Waals surface area contributed by atoms with Crippen molar-refractivity contribution in [1.82, 2.24) is 0 Å². The van der Waals surface area contributed by atoms with Gasteiger partial charge in [-0.25, -0.2) is 0 Å². The van der Waals surface area contributed by atoms with Crippen molar-refractivity contribution in [3.63, 3.8) is 0 Å². The Morgan fingerprint density at radius 2 is 2.00 bits per heavy atom. The van der Waals surface area contributed by atoms with E-state index in [4.69, 9.17) is 10.5 Å². The van der Waals surface area contributed by atoms with Gasteiger partial charge in [0.1, 0.15) is 11.9 Å². The Hall–Kier alpha value is -1.02. The van der Waals surface area contributed by atoms with E-state index in [0.29, 0.717) is 5.41 Å². The summed E-state index contributed by atoms with van der Waals surface area (Å²) >= 11 is 0. The van der Waals surface area contributed by atoms with Crippen LogP contribution in [0.4, 0.5) is 0 Å². The van der Waals surface area contributed by atoms with E-state index in [1.165, 1.54) is 17.5 Å². The SMILES string of the molecule is Cc1ccc(OC2CC(C)(C)CCC2N)c(C)c1. The lowest BCUT2D eigenvalue weighted by Crippen LogP contribution is -2.46. The minimum Gasteiger partial charge on any atom is -0.489 e. The summed E-state index contributed by atoms with van der Waals surface area (Å²) in [6, 6.07) is 6.49. The van der Waals surface area contributed by atoms with Gasteiger partial charge in [0, 0.05) is 6.04 Å². The van der Waals surface area contributed by atoms with Crippen LogP contribution in [0.5, 0.6) is 5.75 Å². The van der Waals surface area contributed by atoms with Crippen LogP contribution in [0.25, 0.3) is 0 Å². The summed E-state index contributed by atoms with van der Waals surface area (Å²) in [5.41, 5.74) is 9.02. The standard InChI is InChI=1S/C16H25NO/c1-11-5-6-14(12(2)9-11)18-15-10-16(3,4)8-7-13(15)17/h5-6,9,13,15H,7-8,10,17H2,1-4H3. The number of rotatable bonds is 2. The van der Waals surface area contributed by atoms with Crippen LogP contribution in [0.15, 0.2) is 18.2 Å². The first kappa shape index (κ1) is 13.4. The predicted molar refractivity (Wildman–Crippen MR) is 75.9 cm³/mol. The quantitative estimate of drug-likeness (QED) is 0.867. The van der Waals surface area contributed by atoms with E-state index >= 15 is 0 Å². The lowest BCUT2D eigenvalue weighted by Gasteiger charge is -2.39. The van der Waals surface area contributed by atoms with Gasteiger partial charge in [-0.1, -0.05) is 31.5 Å². The third-order valence-electron chi connectivity index (χ3n) is 3.99. The zero-order valence-corrected chi connectivity index (χ0v) is 12.0. The largest absolute Gasteiger partial charge is 0.489 e. The molecule has 1 aliphatic rings. The van der Waals surface area contributed by atoms with Crippen LogP contribution in [0.1, 0.15) is 44.2 Å². The average Bonchev–Trinajstić information content (AvgIpc) is 2.27. The van der Waals surface area contributed by atoms with Gasteiger partial charge in [0.2, 0.25) is 0 Å². The molecule has 100 valence electrons. The number of hydrogen-bond donors (Lipinski definition) is 1. The lowest BCUT2D eigenvalue weighted by molar-refractivity contribution is 0.0664. The third-order valence-corrected chi connectivity index (χ3v) is 3.99. The highest BCUT2D eigenvalue weighted by molar-refractivity contribution is 5.35. The van der Waals surface area contributed by atoms with Crippen LogP contribution in [0, 0.1) is 19.3 Å². The van der Waals surface area contributed by atoms with Crippen molar-refractivity contribution in [3.05, 3.63) is 29.3 Å². The molecule has 1 aliphatic carbocycles. The third kappa shape index (κ3) is 3.05. The highest BCUT2D eigenvalue weighted by atomic mass is 16.5. The predicted octanol–water partition coefficient (Wildman–Crippen LogP) is 3.59. The summed E-state index contributed by atoms with van der Waals surface area (Å²) in [6.07, 6.45) is 3.44. The molecule has 0 amide bonds. The second kappa shape index (κ2) is 4.93. The zero-order chi connectivity index (χ0) is 13.3. The van der Waals surface area contributed by atoms with Crippen LogP contribution in [0.2, 0.25) is 0 Å². The van der Waals surface area contributed by atoms with E-state index in [0.717, 1.165) is 18.6 Å². The van der Waals surface area contributed by atoms with Crippen LogP contribution in [-0.2, 0) is 0 Å². The van der Waals surface area contributed by atoms with Crippen LogP contribution < -0.4 is 10.5 Å². The molecule has 1 saturated carbocycles. The van der Waals surface area contributed by atoms with E-state index in [1.807, 2.05) is 0 Å². The molecule has 1 aromatic carbocycles. The van der Waals surface area contributed by atoms with Crippen molar-refractivity contribution in [2.45, 2.75) is 59.1 Å². The Labute approximate surface area is 111 Å². The van der Waals surface area contributed by atoms with Crippen LogP contribution in [-0.4, -0.2) is 12.1 Å². The molecule has 0 saturated heterocycles. The topological polar surface area (TPSA) is 35.2 Å². The Kier molecular flexibility index (Phi) is 3.67. The molecule has 0 spiro atoms. The Balaban J connectivity index is 2.12. The summed E-state index contributed by atoms with van der Waals surface area (Å²) in [7, 11) is 0. The van der Waals surface area contributed by atoms with Crippen molar-refractivity contribution >= 4 is 0 Å². The second-order valence-electron chi connectivity index (χ2n) is 6.50. The molecular formula is C16H25NO. The van der Waals surface area contributed by atoms with Gasteiger partial charge in [-0.05, 0) is 50.2 Å². The zero-order valence-electron chi connectivity index (χ0n) is 12.0. The van der Waals surface area contributed by atoms with Gasteiger partial charge in [0.05, 0.1) is 0 Å².